The van der Waals surface area contributed by atoms with Crippen LogP contribution in [0, 0.1) is 10.6 Å². The molecule has 5 nitrogen and oxygen atoms in total. The number of nitrogens with zero attached hydrogens (tertiary/aromatic N) is 3. The van der Waals surface area contributed by atoms with Gasteiger partial charge in [-0.3, -0.25) is 5.10 Å². The second-order valence-corrected chi connectivity index (χ2v) is 6.48. The Morgan fingerprint density at radius 1 is 1.26 bits per heavy atom. The number of hydrogen-bond acceptors (Lipinski definition) is 4. The number of aryl methyl sites for hydroxylation is 1. The van der Waals surface area contributed by atoms with Gasteiger partial charge in [-0.15, -0.1) is 0 Å². The first-order valence-corrected chi connectivity index (χ1v) is 9.24. The molecule has 0 atom stereocenters. The van der Waals surface area contributed by atoms with E-state index in [-0.39, 0.29) is 5.82 Å². The van der Waals surface area contributed by atoms with Gasteiger partial charge < -0.3 is 4.74 Å². The van der Waals surface area contributed by atoms with E-state index in [1.54, 1.807) is 23.0 Å². The molecule has 0 aliphatic heterocycles. The number of nitrogens with one attached hydrogen (secondary N) is 1. The van der Waals surface area contributed by atoms with Gasteiger partial charge in [-0.05, 0) is 54.0 Å². The summed E-state index contributed by atoms with van der Waals surface area (Å²) in [5.74, 6) is 1.28. The lowest BCUT2D eigenvalue weighted by atomic mass is 10.2. The summed E-state index contributed by atoms with van der Waals surface area (Å²) in [6.45, 7) is 2.50. The van der Waals surface area contributed by atoms with Crippen molar-refractivity contribution in [2.24, 2.45) is 5.10 Å². The molecule has 0 amide bonds. The number of aromatic amines is 1. The molecule has 0 fully saturated rings. The van der Waals surface area contributed by atoms with Crippen molar-refractivity contribution in [3.63, 3.8) is 0 Å². The lowest BCUT2D eigenvalue weighted by Gasteiger charge is -2.07. The predicted octanol–water partition coefficient (Wildman–Crippen LogP) is 4.88. The van der Waals surface area contributed by atoms with Gasteiger partial charge in [0.05, 0.1) is 6.21 Å². The summed E-state index contributed by atoms with van der Waals surface area (Å²) in [6.07, 6.45) is 4.66. The Morgan fingerprint density at radius 2 is 2.07 bits per heavy atom. The second-order valence-electron chi connectivity index (χ2n) is 6.09. The molecule has 27 heavy (non-hydrogen) atoms. The zero-order valence-electron chi connectivity index (χ0n) is 15.1. The molecule has 3 rings (SSSR count). The van der Waals surface area contributed by atoms with Gasteiger partial charge in [-0.1, -0.05) is 37.6 Å². The summed E-state index contributed by atoms with van der Waals surface area (Å²) in [5.41, 5.74) is 1.79. The third-order valence-electron chi connectivity index (χ3n) is 3.97. The lowest BCUT2D eigenvalue weighted by Crippen LogP contribution is -1.99. The molecular formula is C20H21FN4OS. The van der Waals surface area contributed by atoms with E-state index in [9.17, 15) is 4.39 Å². The summed E-state index contributed by atoms with van der Waals surface area (Å²) in [5, 5.41) is 11.5. The zero-order valence-corrected chi connectivity index (χ0v) is 15.9. The van der Waals surface area contributed by atoms with Crippen LogP contribution >= 0.6 is 12.2 Å². The van der Waals surface area contributed by atoms with Crippen molar-refractivity contribution in [2.75, 3.05) is 0 Å². The molecule has 7 heteroatoms. The second kappa shape index (κ2) is 9.23. The van der Waals surface area contributed by atoms with Crippen molar-refractivity contribution in [3.8, 4) is 5.75 Å². The van der Waals surface area contributed by atoms with E-state index in [0.29, 0.717) is 17.1 Å². The minimum Gasteiger partial charge on any atom is -0.489 e. The van der Waals surface area contributed by atoms with Crippen molar-refractivity contribution in [2.45, 2.75) is 32.8 Å². The highest BCUT2D eigenvalue weighted by atomic mass is 32.1. The van der Waals surface area contributed by atoms with Crippen LogP contribution in [0.1, 0.15) is 36.7 Å². The van der Waals surface area contributed by atoms with Crippen LogP contribution in [0.3, 0.4) is 0 Å². The maximum atomic E-state index is 13.0. The summed E-state index contributed by atoms with van der Waals surface area (Å²) >= 11 is 5.25. The fourth-order valence-electron chi connectivity index (χ4n) is 2.50. The van der Waals surface area contributed by atoms with Gasteiger partial charge >= 0.3 is 0 Å². The van der Waals surface area contributed by atoms with Gasteiger partial charge in [0, 0.05) is 6.42 Å². The van der Waals surface area contributed by atoms with E-state index in [0.717, 1.165) is 36.2 Å². The smallest absolute Gasteiger partial charge is 0.216 e. The van der Waals surface area contributed by atoms with Crippen LogP contribution in [0.15, 0.2) is 53.6 Å². The molecule has 140 valence electrons. The van der Waals surface area contributed by atoms with Crippen molar-refractivity contribution < 1.29 is 9.13 Å². The van der Waals surface area contributed by atoms with Crippen molar-refractivity contribution in [1.29, 1.82) is 0 Å². The van der Waals surface area contributed by atoms with Gasteiger partial charge in [0.1, 0.15) is 18.2 Å². The van der Waals surface area contributed by atoms with Gasteiger partial charge in [-0.25, -0.2) is 4.39 Å². The Bertz CT molecular complexity index is 963. The van der Waals surface area contributed by atoms with Crippen molar-refractivity contribution in [3.05, 3.63) is 76.1 Å². The molecule has 1 aromatic heterocycles. The van der Waals surface area contributed by atoms with Crippen molar-refractivity contribution >= 4 is 18.4 Å². The first kappa shape index (κ1) is 19.0. The van der Waals surface area contributed by atoms with Gasteiger partial charge in [0.2, 0.25) is 4.77 Å². The summed E-state index contributed by atoms with van der Waals surface area (Å²) in [4.78, 5) is 0. The Morgan fingerprint density at radius 3 is 2.85 bits per heavy atom. The molecule has 0 saturated heterocycles. The SMILES string of the molecule is CCCCc1n[nH]c(=S)n1/N=C/c1cccc(OCc2ccc(F)cc2)c1. The van der Waals surface area contributed by atoms with Crippen LogP contribution in [0.5, 0.6) is 5.75 Å². The molecule has 0 aliphatic carbocycles. The van der Waals surface area contributed by atoms with E-state index >= 15 is 0 Å². The Kier molecular flexibility index (Phi) is 6.49. The predicted molar refractivity (Wildman–Crippen MR) is 106 cm³/mol. The number of aromatic nitrogens is 3. The zero-order chi connectivity index (χ0) is 19.1. The van der Waals surface area contributed by atoms with E-state index in [1.165, 1.54) is 12.1 Å². The lowest BCUT2D eigenvalue weighted by molar-refractivity contribution is 0.306. The summed E-state index contributed by atoms with van der Waals surface area (Å²) in [6, 6.07) is 13.9. The molecular weight excluding hydrogens is 363 g/mol. The van der Waals surface area contributed by atoms with E-state index in [4.69, 9.17) is 17.0 Å². The molecule has 2 aromatic carbocycles. The average Bonchev–Trinajstić information content (AvgIpc) is 3.04. The fraction of sp³-hybridized carbons (Fsp3) is 0.250. The molecule has 0 unspecified atom stereocenters. The number of rotatable bonds is 8. The van der Waals surface area contributed by atoms with Crippen LogP contribution in [0.4, 0.5) is 4.39 Å². The quantitative estimate of drug-likeness (QED) is 0.445. The van der Waals surface area contributed by atoms with Crippen LogP contribution < -0.4 is 4.74 Å². The fourth-order valence-corrected chi connectivity index (χ4v) is 2.69. The average molecular weight is 384 g/mol. The molecule has 0 saturated carbocycles. The Hall–Kier alpha value is -2.80. The number of ether oxygens (including phenoxy) is 1. The highest BCUT2D eigenvalue weighted by Gasteiger charge is 2.04. The van der Waals surface area contributed by atoms with Crippen molar-refractivity contribution in [1.82, 2.24) is 14.9 Å². The van der Waals surface area contributed by atoms with E-state index in [2.05, 4.69) is 22.2 Å². The van der Waals surface area contributed by atoms with E-state index < -0.39 is 0 Å². The largest absolute Gasteiger partial charge is 0.489 e. The number of benzene rings is 2. The molecule has 1 heterocycles. The van der Waals surface area contributed by atoms with Crippen LogP contribution in [-0.4, -0.2) is 21.1 Å². The molecule has 1 N–H and O–H groups in total. The summed E-state index contributed by atoms with van der Waals surface area (Å²) < 4.78 is 20.9. The molecule has 0 bridgehead atoms. The van der Waals surface area contributed by atoms with Gasteiger partial charge in [-0.2, -0.15) is 14.9 Å². The van der Waals surface area contributed by atoms with Crippen LogP contribution in [0.25, 0.3) is 0 Å². The minimum atomic E-state index is -0.256. The standard InChI is InChI=1S/C20H21FN4OS/c1-2-3-7-19-23-24-20(27)25(19)22-13-16-5-4-6-18(12-16)26-14-15-8-10-17(21)11-9-15/h4-6,8-13H,2-3,7,14H2,1H3,(H,24,27)/b22-13+. The number of halogens is 1. The molecule has 0 aliphatic rings. The maximum absolute atomic E-state index is 13.0. The van der Waals surface area contributed by atoms with Crippen LogP contribution in [0.2, 0.25) is 0 Å². The Balaban J connectivity index is 1.68. The van der Waals surface area contributed by atoms with Gasteiger partial charge in [0.25, 0.3) is 0 Å². The third-order valence-corrected chi connectivity index (χ3v) is 4.23. The monoisotopic (exact) mass is 384 g/mol. The normalized spacial score (nSPS) is 11.2. The third kappa shape index (κ3) is 5.34. The Labute approximate surface area is 162 Å². The number of H-pyrrole nitrogens is 1. The van der Waals surface area contributed by atoms with Gasteiger partial charge in [0.15, 0.2) is 5.82 Å². The molecule has 0 spiro atoms. The summed E-state index contributed by atoms with van der Waals surface area (Å²) in [7, 11) is 0. The maximum Gasteiger partial charge on any atom is 0.216 e. The minimum absolute atomic E-state index is 0.256. The number of hydrogen-bond donors (Lipinski definition) is 1. The van der Waals surface area contributed by atoms with Crippen LogP contribution in [-0.2, 0) is 13.0 Å². The highest BCUT2D eigenvalue weighted by Crippen LogP contribution is 2.15. The molecule has 3 aromatic rings. The topological polar surface area (TPSA) is 55.2 Å². The number of unbranched alkanes of at least 4 members (excludes halogenated alkanes) is 1. The first-order valence-electron chi connectivity index (χ1n) is 8.83. The first-order chi connectivity index (χ1) is 13.2. The molecule has 0 radical (unpaired) electrons. The van der Waals surface area contributed by atoms with E-state index in [1.807, 2.05) is 24.3 Å². The highest BCUT2D eigenvalue weighted by molar-refractivity contribution is 7.71.